The van der Waals surface area contributed by atoms with Gasteiger partial charge in [0.05, 0.1) is 25.3 Å². The molecule has 9 rings (SSSR count). The number of carbonyl (C=O) groups is 1. The third-order valence-corrected chi connectivity index (χ3v) is 10.9. The summed E-state index contributed by atoms with van der Waals surface area (Å²) in [5, 5.41) is 10.9. The molecule has 0 radical (unpaired) electrons. The molecule has 2 aromatic rings. The van der Waals surface area contributed by atoms with Gasteiger partial charge in [-0.05, 0) is 81.2 Å². The standard InChI is InChI=1S/C30H35N3O4/c1-36-23-3-2-12-31-20(23)16-25(35)33-14-10-29-9-8-21(33)28-30(29)11-13-32(17-18-4-5-18)24(29)15-19-6-7-22(34)27(37-28)26(19)30/h2-3,6-7,12,18,21,24,28,34H,4-5,8-11,13-17H2,1H3/t21-,24-,28+,29-,30+/m1/s1. The number of phenols is 1. The van der Waals surface area contributed by atoms with Crippen LogP contribution in [0, 0.1) is 11.3 Å². The number of hydrogen-bond donors (Lipinski definition) is 1. The Kier molecular flexibility index (Phi) is 4.58. The Morgan fingerprint density at radius 2 is 2.08 bits per heavy atom. The number of likely N-dealkylation sites (tertiary alicyclic amines) is 1. The number of phenolic OH excluding ortho intramolecular Hbond substituents is 1. The second-order valence-electron chi connectivity index (χ2n) is 12.3. The fourth-order valence-corrected chi connectivity index (χ4v) is 9.28. The van der Waals surface area contributed by atoms with Gasteiger partial charge in [0, 0.05) is 41.7 Å². The molecule has 1 aromatic carbocycles. The van der Waals surface area contributed by atoms with E-state index in [1.54, 1.807) is 13.3 Å². The molecule has 4 aliphatic heterocycles. The van der Waals surface area contributed by atoms with Crippen molar-refractivity contribution >= 4 is 5.91 Å². The van der Waals surface area contributed by atoms with Crippen LogP contribution in [0.4, 0.5) is 0 Å². The summed E-state index contributed by atoms with van der Waals surface area (Å²) in [4.78, 5) is 23.3. The van der Waals surface area contributed by atoms with E-state index in [0.29, 0.717) is 23.2 Å². The van der Waals surface area contributed by atoms with Crippen molar-refractivity contribution in [3.05, 3.63) is 47.3 Å². The number of nitrogens with zero attached hydrogens (tertiary/aromatic N) is 3. The molecule has 2 spiro atoms. The number of aromatic hydroxyl groups is 1. The van der Waals surface area contributed by atoms with Gasteiger partial charge in [-0.25, -0.2) is 0 Å². The maximum atomic E-state index is 13.9. The minimum atomic E-state index is -0.125. The quantitative estimate of drug-likeness (QED) is 0.677. The molecule has 5 heterocycles. The van der Waals surface area contributed by atoms with E-state index in [0.717, 1.165) is 51.1 Å². The van der Waals surface area contributed by atoms with Crippen molar-refractivity contribution in [2.75, 3.05) is 26.7 Å². The minimum absolute atomic E-state index is 0.00575. The molecule has 37 heavy (non-hydrogen) atoms. The van der Waals surface area contributed by atoms with Gasteiger partial charge < -0.3 is 19.5 Å². The number of carbonyl (C=O) groups excluding carboxylic acids is 1. The van der Waals surface area contributed by atoms with E-state index >= 15 is 0 Å². The van der Waals surface area contributed by atoms with Gasteiger partial charge in [-0.3, -0.25) is 14.7 Å². The lowest BCUT2D eigenvalue weighted by molar-refractivity contribution is -0.143. The zero-order valence-electron chi connectivity index (χ0n) is 21.5. The summed E-state index contributed by atoms with van der Waals surface area (Å²) >= 11 is 0. The van der Waals surface area contributed by atoms with Gasteiger partial charge in [0.1, 0.15) is 11.9 Å². The molecular weight excluding hydrogens is 466 g/mol. The number of aromatic nitrogens is 1. The van der Waals surface area contributed by atoms with Crippen LogP contribution < -0.4 is 9.47 Å². The number of benzene rings is 1. The number of amides is 1. The normalized spacial score (nSPS) is 35.1. The Hall–Kier alpha value is -2.80. The highest BCUT2D eigenvalue weighted by atomic mass is 16.5. The topological polar surface area (TPSA) is 75.1 Å². The lowest BCUT2D eigenvalue weighted by atomic mass is 9.42. The van der Waals surface area contributed by atoms with Gasteiger partial charge in [0.15, 0.2) is 11.5 Å². The molecule has 3 saturated heterocycles. The smallest absolute Gasteiger partial charge is 0.229 e. The van der Waals surface area contributed by atoms with E-state index in [4.69, 9.17) is 9.47 Å². The maximum absolute atomic E-state index is 13.9. The lowest BCUT2D eigenvalue weighted by Crippen LogP contribution is -2.72. The predicted molar refractivity (Wildman–Crippen MR) is 137 cm³/mol. The summed E-state index contributed by atoms with van der Waals surface area (Å²) in [6, 6.07) is 8.16. The second-order valence-corrected chi connectivity index (χ2v) is 12.3. The van der Waals surface area contributed by atoms with Crippen molar-refractivity contribution < 1.29 is 19.4 Å². The summed E-state index contributed by atoms with van der Waals surface area (Å²) < 4.78 is 12.3. The number of rotatable bonds is 5. The Bertz CT molecular complexity index is 1290. The van der Waals surface area contributed by atoms with E-state index < -0.39 is 0 Å². The van der Waals surface area contributed by atoms with Crippen LogP contribution in [-0.4, -0.2) is 70.7 Å². The minimum Gasteiger partial charge on any atom is -0.504 e. The van der Waals surface area contributed by atoms with Gasteiger partial charge in [0.2, 0.25) is 5.91 Å². The van der Waals surface area contributed by atoms with Gasteiger partial charge in [-0.2, -0.15) is 0 Å². The van der Waals surface area contributed by atoms with Gasteiger partial charge in [-0.1, -0.05) is 6.07 Å². The van der Waals surface area contributed by atoms with Crippen LogP contribution in [0.5, 0.6) is 17.2 Å². The van der Waals surface area contributed by atoms with Gasteiger partial charge in [0.25, 0.3) is 0 Å². The Morgan fingerprint density at radius 1 is 1.19 bits per heavy atom. The van der Waals surface area contributed by atoms with E-state index in [2.05, 4.69) is 20.9 Å². The molecule has 7 aliphatic rings. The zero-order valence-corrected chi connectivity index (χ0v) is 21.5. The summed E-state index contributed by atoms with van der Waals surface area (Å²) in [5.41, 5.74) is 3.28. The van der Waals surface area contributed by atoms with Crippen LogP contribution in [0.15, 0.2) is 30.5 Å². The maximum Gasteiger partial charge on any atom is 0.229 e. The van der Waals surface area contributed by atoms with Crippen molar-refractivity contribution in [1.82, 2.24) is 14.8 Å². The molecule has 4 bridgehead atoms. The highest BCUT2D eigenvalue weighted by molar-refractivity contribution is 5.80. The van der Waals surface area contributed by atoms with Crippen molar-refractivity contribution in [2.45, 2.75) is 75.0 Å². The first-order chi connectivity index (χ1) is 18.1. The summed E-state index contributed by atoms with van der Waals surface area (Å²) in [7, 11) is 1.63. The highest BCUT2D eigenvalue weighted by Crippen LogP contribution is 2.71. The van der Waals surface area contributed by atoms with Crippen LogP contribution in [0.1, 0.15) is 55.3 Å². The molecule has 7 nitrogen and oxygen atoms in total. The molecule has 1 amide bonds. The molecule has 1 N–H and O–H groups in total. The molecule has 7 heteroatoms. The van der Waals surface area contributed by atoms with E-state index in [1.165, 1.54) is 30.5 Å². The molecule has 3 aliphatic carbocycles. The van der Waals surface area contributed by atoms with Crippen LogP contribution in [0.25, 0.3) is 0 Å². The fourth-order valence-electron chi connectivity index (χ4n) is 9.28. The van der Waals surface area contributed by atoms with Crippen molar-refractivity contribution in [3.63, 3.8) is 0 Å². The van der Waals surface area contributed by atoms with Crippen LogP contribution in [0.3, 0.4) is 0 Å². The van der Waals surface area contributed by atoms with Crippen LogP contribution in [0.2, 0.25) is 0 Å². The number of ether oxygens (including phenoxy) is 2. The Labute approximate surface area is 217 Å². The third-order valence-electron chi connectivity index (χ3n) is 10.9. The average Bonchev–Trinajstić information content (AvgIpc) is 3.70. The summed E-state index contributed by atoms with van der Waals surface area (Å²) in [5.74, 6) is 2.57. The molecule has 1 aromatic heterocycles. The average molecular weight is 502 g/mol. The van der Waals surface area contributed by atoms with E-state index in [1.807, 2.05) is 18.2 Å². The van der Waals surface area contributed by atoms with Gasteiger partial charge in [-0.15, -0.1) is 0 Å². The number of methoxy groups -OCH3 is 1. The Morgan fingerprint density at radius 3 is 2.92 bits per heavy atom. The molecule has 194 valence electrons. The first-order valence-electron chi connectivity index (χ1n) is 14.1. The van der Waals surface area contributed by atoms with Gasteiger partial charge >= 0.3 is 0 Å². The number of fused-ring (bicyclic) bond motifs is 3. The fraction of sp³-hybridized carbons (Fsp3) is 0.600. The molecule has 2 saturated carbocycles. The summed E-state index contributed by atoms with van der Waals surface area (Å²) in [6.07, 6.45) is 9.72. The second kappa shape index (κ2) is 7.62. The lowest BCUT2D eigenvalue weighted by Gasteiger charge is -2.66. The Balaban J connectivity index is 1.22. The third kappa shape index (κ3) is 2.81. The highest BCUT2D eigenvalue weighted by Gasteiger charge is 2.74. The number of piperidine rings is 1. The molecule has 0 unspecified atom stereocenters. The van der Waals surface area contributed by atoms with E-state index in [9.17, 15) is 9.90 Å². The van der Waals surface area contributed by atoms with Crippen LogP contribution in [-0.2, 0) is 23.1 Å². The molecular formula is C30H35N3O4. The predicted octanol–water partition coefficient (Wildman–Crippen LogP) is 3.46. The monoisotopic (exact) mass is 501 g/mol. The van der Waals surface area contributed by atoms with E-state index in [-0.39, 0.29) is 41.1 Å². The SMILES string of the molecule is COc1cccnc1CC(=O)N1CC[C@@]23CC[C@@H]1[C@@H]1Oc4c(O)ccc5c4[C@@]12CCN(CC1CC1)[C@@H]3C5. The number of hydrogen-bond acceptors (Lipinski definition) is 6. The first kappa shape index (κ1) is 22.2. The van der Waals surface area contributed by atoms with Crippen molar-refractivity contribution in [2.24, 2.45) is 11.3 Å². The number of pyridine rings is 1. The largest absolute Gasteiger partial charge is 0.504 e. The molecule has 5 atom stereocenters. The summed E-state index contributed by atoms with van der Waals surface area (Å²) in [6.45, 7) is 3.06. The van der Waals surface area contributed by atoms with Crippen molar-refractivity contribution in [3.8, 4) is 17.2 Å². The molecule has 5 fully saturated rings. The van der Waals surface area contributed by atoms with Crippen LogP contribution >= 0.6 is 0 Å². The van der Waals surface area contributed by atoms with Crippen molar-refractivity contribution in [1.29, 1.82) is 0 Å². The zero-order chi connectivity index (χ0) is 24.9. The first-order valence-corrected chi connectivity index (χ1v) is 14.1.